The molecular weight excluding hydrogens is 310 g/mol. The lowest BCUT2D eigenvalue weighted by Gasteiger charge is -2.20. The van der Waals surface area contributed by atoms with Gasteiger partial charge in [0, 0.05) is 19.2 Å². The van der Waals surface area contributed by atoms with Crippen molar-refractivity contribution in [3.8, 4) is 0 Å². The van der Waals surface area contributed by atoms with Gasteiger partial charge in [0.15, 0.2) is 0 Å². The van der Waals surface area contributed by atoms with Crippen LogP contribution in [0.15, 0.2) is 36.4 Å². The third kappa shape index (κ3) is 8.45. The van der Waals surface area contributed by atoms with Gasteiger partial charge in [-0.25, -0.2) is 0 Å². The van der Waals surface area contributed by atoms with Gasteiger partial charge in [0.25, 0.3) is 0 Å². The number of ether oxygens (including phenoxy) is 2. The second-order valence-electron chi connectivity index (χ2n) is 4.96. The molecule has 0 aromatic heterocycles. The van der Waals surface area contributed by atoms with Gasteiger partial charge in [-0.15, -0.1) is 0 Å². The predicted molar refractivity (Wildman–Crippen MR) is 91.2 cm³/mol. The number of carbonyl (C=O) groups excluding carboxylic acids is 2. The van der Waals surface area contributed by atoms with E-state index in [1.165, 1.54) is 11.0 Å². The topological polar surface area (TPSA) is 76.1 Å². The molecule has 0 saturated carbocycles. The van der Waals surface area contributed by atoms with Crippen LogP contribution < -0.4 is 0 Å². The van der Waals surface area contributed by atoms with Crippen LogP contribution in [0.2, 0.25) is 0 Å². The Hall–Kier alpha value is -2.18. The van der Waals surface area contributed by atoms with E-state index >= 15 is 0 Å². The molecule has 1 rings (SSSR count). The van der Waals surface area contributed by atoms with Gasteiger partial charge in [-0.1, -0.05) is 30.3 Å². The van der Waals surface area contributed by atoms with E-state index in [1.54, 1.807) is 13.0 Å². The van der Waals surface area contributed by atoms with E-state index in [9.17, 15) is 9.59 Å². The van der Waals surface area contributed by atoms with Crippen molar-refractivity contribution < 1.29 is 24.2 Å². The SMILES string of the molecule is CCOC(=O)CCN(CCOCCO)C(=O)/C=C/c1ccccc1. The molecule has 6 nitrogen and oxygen atoms in total. The molecule has 1 aromatic rings. The zero-order valence-electron chi connectivity index (χ0n) is 14.0. The summed E-state index contributed by atoms with van der Waals surface area (Å²) in [7, 11) is 0. The van der Waals surface area contributed by atoms with Gasteiger partial charge in [0.05, 0.1) is 32.8 Å². The normalized spacial score (nSPS) is 10.8. The molecule has 1 amide bonds. The van der Waals surface area contributed by atoms with Crippen molar-refractivity contribution in [1.29, 1.82) is 0 Å². The van der Waals surface area contributed by atoms with Crippen LogP contribution in [0.4, 0.5) is 0 Å². The average Bonchev–Trinajstić information content (AvgIpc) is 2.60. The van der Waals surface area contributed by atoms with Gasteiger partial charge in [-0.05, 0) is 18.6 Å². The van der Waals surface area contributed by atoms with Crippen molar-refractivity contribution in [1.82, 2.24) is 4.90 Å². The number of carbonyl (C=O) groups is 2. The molecule has 24 heavy (non-hydrogen) atoms. The highest BCUT2D eigenvalue weighted by Gasteiger charge is 2.13. The van der Waals surface area contributed by atoms with Crippen molar-refractivity contribution in [2.45, 2.75) is 13.3 Å². The molecular formula is C18H25NO5. The second kappa shape index (κ2) is 12.3. The Morgan fingerprint density at radius 3 is 2.58 bits per heavy atom. The van der Waals surface area contributed by atoms with E-state index in [-0.39, 0.29) is 38.1 Å². The molecule has 6 heteroatoms. The van der Waals surface area contributed by atoms with E-state index in [2.05, 4.69) is 0 Å². The Morgan fingerprint density at radius 2 is 1.92 bits per heavy atom. The minimum Gasteiger partial charge on any atom is -0.466 e. The van der Waals surface area contributed by atoms with Gasteiger partial charge < -0.3 is 19.5 Å². The maximum Gasteiger partial charge on any atom is 0.307 e. The Labute approximate surface area is 142 Å². The maximum absolute atomic E-state index is 12.3. The Kier molecular flexibility index (Phi) is 10.2. The van der Waals surface area contributed by atoms with Gasteiger partial charge in [0.2, 0.25) is 5.91 Å². The smallest absolute Gasteiger partial charge is 0.307 e. The Morgan fingerprint density at radius 1 is 1.17 bits per heavy atom. The number of amides is 1. The van der Waals surface area contributed by atoms with E-state index in [4.69, 9.17) is 14.6 Å². The fourth-order valence-corrected chi connectivity index (χ4v) is 1.97. The predicted octanol–water partition coefficient (Wildman–Crippen LogP) is 1.49. The highest BCUT2D eigenvalue weighted by Crippen LogP contribution is 2.03. The first-order valence-electron chi connectivity index (χ1n) is 8.03. The summed E-state index contributed by atoms with van der Waals surface area (Å²) in [5.41, 5.74) is 0.924. The number of nitrogens with zero attached hydrogens (tertiary/aromatic N) is 1. The third-order valence-electron chi connectivity index (χ3n) is 3.16. The summed E-state index contributed by atoms with van der Waals surface area (Å²) in [5, 5.41) is 8.71. The van der Waals surface area contributed by atoms with Gasteiger partial charge in [-0.3, -0.25) is 9.59 Å². The van der Waals surface area contributed by atoms with Crippen LogP contribution in [0.25, 0.3) is 6.08 Å². The Bertz CT molecular complexity index is 515. The summed E-state index contributed by atoms with van der Waals surface area (Å²) in [6, 6.07) is 9.49. The molecule has 0 unspecified atom stereocenters. The van der Waals surface area contributed by atoms with Crippen LogP contribution in [-0.4, -0.2) is 61.4 Å². The number of aliphatic hydroxyl groups excluding tert-OH is 1. The maximum atomic E-state index is 12.3. The molecule has 0 aliphatic carbocycles. The zero-order valence-corrected chi connectivity index (χ0v) is 14.0. The fourth-order valence-electron chi connectivity index (χ4n) is 1.97. The molecule has 0 radical (unpaired) electrons. The van der Waals surface area contributed by atoms with Gasteiger partial charge >= 0.3 is 5.97 Å². The highest BCUT2D eigenvalue weighted by atomic mass is 16.5. The lowest BCUT2D eigenvalue weighted by atomic mass is 10.2. The fraction of sp³-hybridized carbons (Fsp3) is 0.444. The second-order valence-corrected chi connectivity index (χ2v) is 4.96. The first kappa shape index (κ1) is 19.9. The first-order chi connectivity index (χ1) is 11.7. The molecule has 0 saturated heterocycles. The van der Waals surface area contributed by atoms with Crippen LogP contribution in [0.5, 0.6) is 0 Å². The summed E-state index contributed by atoms with van der Waals surface area (Å²) < 4.78 is 10.1. The number of aliphatic hydroxyl groups is 1. The summed E-state index contributed by atoms with van der Waals surface area (Å²) in [6.07, 6.45) is 3.35. The zero-order chi connectivity index (χ0) is 17.6. The summed E-state index contributed by atoms with van der Waals surface area (Å²) in [6.45, 7) is 3.13. The summed E-state index contributed by atoms with van der Waals surface area (Å²) in [5.74, 6) is -0.533. The van der Waals surface area contributed by atoms with Crippen molar-refractivity contribution in [2.24, 2.45) is 0 Å². The molecule has 0 aliphatic heterocycles. The number of benzene rings is 1. The van der Waals surface area contributed by atoms with E-state index < -0.39 is 0 Å². The highest BCUT2D eigenvalue weighted by molar-refractivity contribution is 5.92. The van der Waals surface area contributed by atoms with Crippen LogP contribution in [0.1, 0.15) is 18.9 Å². The Balaban J connectivity index is 2.58. The monoisotopic (exact) mass is 335 g/mol. The molecule has 0 bridgehead atoms. The van der Waals surface area contributed by atoms with Crippen molar-refractivity contribution in [3.63, 3.8) is 0 Å². The van der Waals surface area contributed by atoms with E-state index in [1.807, 2.05) is 30.3 Å². The summed E-state index contributed by atoms with van der Waals surface area (Å²) in [4.78, 5) is 25.4. The molecule has 1 N–H and O–H groups in total. The summed E-state index contributed by atoms with van der Waals surface area (Å²) >= 11 is 0. The standard InChI is InChI=1S/C18H25NO5/c1-2-24-18(22)10-11-19(12-14-23-15-13-20)17(21)9-8-16-6-4-3-5-7-16/h3-9,20H,2,10-15H2,1H3/b9-8+. The molecule has 0 heterocycles. The molecule has 132 valence electrons. The van der Waals surface area contributed by atoms with Crippen LogP contribution in [0, 0.1) is 0 Å². The molecule has 0 aliphatic rings. The minimum absolute atomic E-state index is 0.0648. The van der Waals surface area contributed by atoms with Crippen molar-refractivity contribution in [2.75, 3.05) is 39.5 Å². The van der Waals surface area contributed by atoms with Gasteiger partial charge in [-0.2, -0.15) is 0 Å². The number of rotatable bonds is 11. The van der Waals surface area contributed by atoms with Crippen molar-refractivity contribution in [3.05, 3.63) is 42.0 Å². The van der Waals surface area contributed by atoms with Crippen LogP contribution in [0.3, 0.4) is 0 Å². The lowest BCUT2D eigenvalue weighted by Crippen LogP contribution is -2.35. The molecule has 0 fully saturated rings. The minimum atomic E-state index is -0.335. The quantitative estimate of drug-likeness (QED) is 0.377. The van der Waals surface area contributed by atoms with Gasteiger partial charge in [0.1, 0.15) is 0 Å². The average molecular weight is 335 g/mol. The van der Waals surface area contributed by atoms with E-state index in [0.29, 0.717) is 19.8 Å². The van der Waals surface area contributed by atoms with Crippen LogP contribution in [-0.2, 0) is 19.1 Å². The van der Waals surface area contributed by atoms with E-state index in [0.717, 1.165) is 5.56 Å². The third-order valence-corrected chi connectivity index (χ3v) is 3.16. The molecule has 0 spiro atoms. The van der Waals surface area contributed by atoms with Crippen molar-refractivity contribution >= 4 is 18.0 Å². The largest absolute Gasteiger partial charge is 0.466 e. The number of hydrogen-bond donors (Lipinski definition) is 1. The lowest BCUT2D eigenvalue weighted by molar-refractivity contribution is -0.143. The molecule has 0 atom stereocenters. The first-order valence-corrected chi connectivity index (χ1v) is 8.03. The number of esters is 1. The molecule has 1 aromatic carbocycles. The van der Waals surface area contributed by atoms with Crippen LogP contribution >= 0.6 is 0 Å². The number of hydrogen-bond acceptors (Lipinski definition) is 5.